The van der Waals surface area contributed by atoms with Gasteiger partial charge in [-0.05, 0) is 31.1 Å². The molecule has 3 unspecified atom stereocenters. The van der Waals surface area contributed by atoms with E-state index in [2.05, 4.69) is 13.8 Å². The molecular weight excluding hydrogens is 204 g/mol. The summed E-state index contributed by atoms with van der Waals surface area (Å²) in [7, 11) is 0. The van der Waals surface area contributed by atoms with Crippen molar-refractivity contribution >= 4 is 11.8 Å². The van der Waals surface area contributed by atoms with Gasteiger partial charge in [-0.2, -0.15) is 0 Å². The van der Waals surface area contributed by atoms with E-state index in [1.807, 2.05) is 6.92 Å². The molecule has 0 aromatic heterocycles. The highest BCUT2D eigenvalue weighted by molar-refractivity contribution is 6.05. The first kappa shape index (κ1) is 11.6. The van der Waals surface area contributed by atoms with Crippen LogP contribution in [0.25, 0.3) is 0 Å². The van der Waals surface area contributed by atoms with Crippen molar-refractivity contribution in [2.75, 3.05) is 6.61 Å². The Bertz CT molecular complexity index is 345. The minimum Gasteiger partial charge on any atom is -0.465 e. The normalized spacial score (nSPS) is 40.1. The number of carbonyl (C=O) groups is 2. The molecule has 2 bridgehead atoms. The zero-order valence-electron chi connectivity index (χ0n) is 10.5. The highest BCUT2D eigenvalue weighted by atomic mass is 16.5. The second-order valence-corrected chi connectivity index (χ2v) is 5.79. The van der Waals surface area contributed by atoms with Crippen molar-refractivity contribution < 1.29 is 14.3 Å². The van der Waals surface area contributed by atoms with Crippen LogP contribution in [0, 0.1) is 22.7 Å². The Hall–Kier alpha value is -0.860. The van der Waals surface area contributed by atoms with Gasteiger partial charge in [0.25, 0.3) is 0 Å². The van der Waals surface area contributed by atoms with E-state index in [4.69, 9.17) is 4.74 Å². The van der Waals surface area contributed by atoms with Crippen LogP contribution in [0.2, 0.25) is 0 Å². The summed E-state index contributed by atoms with van der Waals surface area (Å²) in [5.74, 6) is -0.543. The lowest BCUT2D eigenvalue weighted by Crippen LogP contribution is -2.36. The minimum atomic E-state index is -0.506. The van der Waals surface area contributed by atoms with Gasteiger partial charge in [0.2, 0.25) is 0 Å². The van der Waals surface area contributed by atoms with Gasteiger partial charge in [-0.1, -0.05) is 20.8 Å². The van der Waals surface area contributed by atoms with Crippen molar-refractivity contribution in [1.29, 1.82) is 0 Å². The molecule has 0 aromatic rings. The summed E-state index contributed by atoms with van der Waals surface area (Å²) in [6.07, 6.45) is 1.89. The van der Waals surface area contributed by atoms with E-state index in [1.165, 1.54) is 0 Å². The second-order valence-electron chi connectivity index (χ2n) is 5.79. The summed E-state index contributed by atoms with van der Waals surface area (Å²) in [5, 5.41) is 0. The molecule has 2 saturated carbocycles. The zero-order chi connectivity index (χ0) is 12.1. The molecule has 0 N–H and O–H groups in total. The highest BCUT2D eigenvalue weighted by Gasteiger charge is 2.68. The Balaban J connectivity index is 2.33. The Morgan fingerprint density at radius 1 is 1.44 bits per heavy atom. The summed E-state index contributed by atoms with van der Waals surface area (Å²) in [5.41, 5.74) is -0.392. The van der Waals surface area contributed by atoms with Gasteiger partial charge in [0, 0.05) is 5.41 Å². The Kier molecular flexibility index (Phi) is 2.41. The van der Waals surface area contributed by atoms with Gasteiger partial charge in [0.05, 0.1) is 6.61 Å². The van der Waals surface area contributed by atoms with Gasteiger partial charge in [-0.3, -0.25) is 9.59 Å². The van der Waals surface area contributed by atoms with E-state index in [0.29, 0.717) is 6.61 Å². The molecule has 3 nitrogen and oxygen atoms in total. The van der Waals surface area contributed by atoms with Crippen LogP contribution in [0.4, 0.5) is 0 Å². The fraction of sp³-hybridized carbons (Fsp3) is 0.846. The first-order valence-corrected chi connectivity index (χ1v) is 6.07. The average Bonchev–Trinajstić information content (AvgIpc) is 2.50. The summed E-state index contributed by atoms with van der Waals surface area (Å²) < 4.78 is 5.03. The molecular formula is C13H20O3. The Morgan fingerprint density at radius 3 is 2.50 bits per heavy atom. The molecule has 0 aliphatic heterocycles. The van der Waals surface area contributed by atoms with Crippen molar-refractivity contribution in [1.82, 2.24) is 0 Å². The zero-order valence-corrected chi connectivity index (χ0v) is 10.5. The molecule has 0 heterocycles. The fourth-order valence-corrected chi connectivity index (χ4v) is 3.59. The lowest BCUT2D eigenvalue weighted by Gasteiger charge is -2.32. The van der Waals surface area contributed by atoms with E-state index in [-0.39, 0.29) is 28.5 Å². The van der Waals surface area contributed by atoms with Crippen molar-refractivity contribution in [3.05, 3.63) is 0 Å². The number of esters is 1. The Morgan fingerprint density at radius 2 is 2.06 bits per heavy atom. The number of ether oxygens (including phenoxy) is 1. The first-order valence-electron chi connectivity index (χ1n) is 6.07. The van der Waals surface area contributed by atoms with Gasteiger partial charge in [-0.25, -0.2) is 0 Å². The van der Waals surface area contributed by atoms with Crippen LogP contribution in [0.1, 0.15) is 40.5 Å². The molecule has 0 spiro atoms. The fourth-order valence-electron chi connectivity index (χ4n) is 3.59. The number of Topliss-reactive ketones (excluding diaryl/α,β-unsaturated/α-hetero) is 1. The van der Waals surface area contributed by atoms with Crippen molar-refractivity contribution in [2.24, 2.45) is 22.7 Å². The summed E-state index contributed by atoms with van der Waals surface area (Å²) in [6, 6.07) is 0. The number of fused-ring (bicyclic) bond motifs is 2. The lowest BCUT2D eigenvalue weighted by molar-refractivity contribution is -0.154. The first-order chi connectivity index (χ1) is 7.36. The van der Waals surface area contributed by atoms with Crippen LogP contribution in [-0.2, 0) is 14.3 Å². The molecule has 2 aliphatic rings. The van der Waals surface area contributed by atoms with E-state index >= 15 is 0 Å². The molecule has 2 fully saturated rings. The quantitative estimate of drug-likeness (QED) is 0.533. The van der Waals surface area contributed by atoms with Crippen molar-refractivity contribution in [3.8, 4) is 0 Å². The van der Waals surface area contributed by atoms with E-state index in [1.54, 1.807) is 6.92 Å². The van der Waals surface area contributed by atoms with Gasteiger partial charge >= 0.3 is 5.97 Å². The molecule has 0 aromatic carbocycles. The molecule has 16 heavy (non-hydrogen) atoms. The molecule has 2 aliphatic carbocycles. The van der Waals surface area contributed by atoms with Crippen LogP contribution in [-0.4, -0.2) is 18.4 Å². The third kappa shape index (κ3) is 1.14. The molecule has 0 radical (unpaired) electrons. The maximum absolute atomic E-state index is 12.3. The predicted octanol–water partition coefficient (Wildman–Crippen LogP) is 2.19. The molecule has 0 saturated heterocycles. The molecule has 3 heteroatoms. The maximum atomic E-state index is 12.3. The SMILES string of the molecule is CCOC(=O)C1C(=O)C2(C)CCC1C2(C)C. The second kappa shape index (κ2) is 3.31. The molecule has 90 valence electrons. The topological polar surface area (TPSA) is 43.4 Å². The molecule has 3 atom stereocenters. The third-order valence-corrected chi connectivity index (χ3v) is 5.07. The predicted molar refractivity (Wildman–Crippen MR) is 59.7 cm³/mol. The van der Waals surface area contributed by atoms with E-state index < -0.39 is 5.92 Å². The number of hydrogen-bond acceptors (Lipinski definition) is 3. The van der Waals surface area contributed by atoms with Crippen LogP contribution < -0.4 is 0 Å². The lowest BCUT2D eigenvalue weighted by atomic mass is 9.70. The number of rotatable bonds is 2. The minimum absolute atomic E-state index is 0.0679. The standard InChI is InChI=1S/C13H20O3/c1-5-16-11(15)9-8-6-7-13(4,10(9)14)12(8,2)3/h8-9H,5-7H2,1-4H3. The summed E-state index contributed by atoms with van der Waals surface area (Å²) in [6.45, 7) is 8.37. The van der Waals surface area contributed by atoms with Crippen LogP contribution in [0.5, 0.6) is 0 Å². The van der Waals surface area contributed by atoms with Crippen LogP contribution in [0.3, 0.4) is 0 Å². The van der Waals surface area contributed by atoms with Gasteiger partial charge in [0.1, 0.15) is 5.92 Å². The van der Waals surface area contributed by atoms with Crippen molar-refractivity contribution in [2.45, 2.75) is 40.5 Å². The summed E-state index contributed by atoms with van der Waals surface area (Å²) >= 11 is 0. The third-order valence-electron chi connectivity index (χ3n) is 5.07. The maximum Gasteiger partial charge on any atom is 0.316 e. The monoisotopic (exact) mass is 224 g/mol. The van der Waals surface area contributed by atoms with Gasteiger partial charge in [0.15, 0.2) is 5.78 Å². The Labute approximate surface area is 96.5 Å². The number of ketones is 1. The number of carbonyl (C=O) groups excluding carboxylic acids is 2. The average molecular weight is 224 g/mol. The highest BCUT2D eigenvalue weighted by Crippen LogP contribution is 2.65. The van der Waals surface area contributed by atoms with Crippen LogP contribution >= 0.6 is 0 Å². The van der Waals surface area contributed by atoms with Gasteiger partial charge in [-0.15, -0.1) is 0 Å². The van der Waals surface area contributed by atoms with Crippen LogP contribution in [0.15, 0.2) is 0 Å². The largest absolute Gasteiger partial charge is 0.465 e. The molecule has 2 rings (SSSR count). The smallest absolute Gasteiger partial charge is 0.316 e. The van der Waals surface area contributed by atoms with E-state index in [9.17, 15) is 9.59 Å². The summed E-state index contributed by atoms with van der Waals surface area (Å²) in [4.78, 5) is 24.2. The molecule has 0 amide bonds. The number of hydrogen-bond donors (Lipinski definition) is 0. The van der Waals surface area contributed by atoms with Gasteiger partial charge < -0.3 is 4.74 Å². The van der Waals surface area contributed by atoms with E-state index in [0.717, 1.165) is 12.8 Å². The van der Waals surface area contributed by atoms with Crippen molar-refractivity contribution in [3.63, 3.8) is 0 Å².